The Morgan fingerprint density at radius 2 is 1.17 bits per heavy atom. The molecular weight excluding hydrogens is 719 g/mol. The Balaban J connectivity index is 1.19. The van der Waals surface area contributed by atoms with Gasteiger partial charge in [-0.2, -0.15) is 0 Å². The molecule has 0 saturated heterocycles. The Hall–Kier alpha value is -6.82. The quantitative estimate of drug-likeness (QED) is 0.144. The van der Waals surface area contributed by atoms with Gasteiger partial charge in [-0.1, -0.05) is 159 Å². The van der Waals surface area contributed by atoms with Gasteiger partial charge < -0.3 is 13.8 Å². The molecule has 0 fully saturated rings. The Morgan fingerprint density at radius 3 is 2.00 bits per heavy atom. The van der Waals surface area contributed by atoms with Crippen molar-refractivity contribution in [2.24, 2.45) is 0 Å². The number of benzene rings is 8. The van der Waals surface area contributed by atoms with Crippen LogP contribution >= 0.6 is 0 Å². The predicted octanol–water partition coefficient (Wildman–Crippen LogP) is 8.94. The standard InChI is InChI=1S/C53H33BN2OSi/c1-53(2)38-21-7-3-18-34(38)49-46(53)35-20-13-19-33-36-29-37-30-15-4-9-24-41(30)57-52(37)51-47(36)54(56(49)48(33)35)39-22-14-28-45-50(39)55(51)40-23-8-12-27-44(40)58(45)42-25-10-5-16-31(42)32-17-6-11-26-43(32)58/h3-29H,1-2H3. The van der Waals surface area contributed by atoms with Gasteiger partial charge in [-0.25, -0.2) is 0 Å². The van der Waals surface area contributed by atoms with E-state index in [0.717, 1.165) is 16.6 Å². The predicted molar refractivity (Wildman–Crippen MR) is 243 cm³/mol. The fraction of sp³-hybridized carbons (Fsp3) is 0.0566. The highest BCUT2D eigenvalue weighted by Gasteiger charge is 2.58. The molecule has 6 heterocycles. The van der Waals surface area contributed by atoms with Crippen molar-refractivity contribution >= 4 is 96.5 Å². The van der Waals surface area contributed by atoms with Crippen molar-refractivity contribution in [2.75, 3.05) is 4.90 Å². The molecule has 5 heteroatoms. The first-order valence-electron chi connectivity index (χ1n) is 20.6. The molecule has 0 atom stereocenters. The molecule has 10 aromatic rings. The largest absolute Gasteiger partial charge is 0.454 e. The lowest BCUT2D eigenvalue weighted by Crippen LogP contribution is -2.77. The molecule has 0 amide bonds. The third-order valence-corrected chi connectivity index (χ3v) is 19.7. The van der Waals surface area contributed by atoms with Crippen LogP contribution in [0.25, 0.3) is 66.4 Å². The maximum absolute atomic E-state index is 7.16. The first kappa shape index (κ1) is 30.3. The second kappa shape index (κ2) is 9.82. The molecule has 0 bridgehead atoms. The summed E-state index contributed by atoms with van der Waals surface area (Å²) in [5.74, 6) is 0. The van der Waals surface area contributed by atoms with Gasteiger partial charge in [0.1, 0.15) is 5.58 Å². The molecule has 0 unspecified atom stereocenters. The van der Waals surface area contributed by atoms with E-state index in [1.165, 1.54) is 110 Å². The average molecular weight is 753 g/mol. The number of furan rings is 1. The van der Waals surface area contributed by atoms with Crippen LogP contribution in [0.5, 0.6) is 0 Å². The zero-order chi connectivity index (χ0) is 37.8. The van der Waals surface area contributed by atoms with Crippen LogP contribution in [0.2, 0.25) is 0 Å². The maximum Gasteiger partial charge on any atom is 0.333 e. The first-order chi connectivity index (χ1) is 28.6. The van der Waals surface area contributed by atoms with Gasteiger partial charge in [0, 0.05) is 55.3 Å². The van der Waals surface area contributed by atoms with Crippen molar-refractivity contribution in [3.05, 3.63) is 175 Å². The molecule has 15 rings (SSSR count). The molecule has 3 nitrogen and oxygen atoms in total. The van der Waals surface area contributed by atoms with Gasteiger partial charge in [-0.3, -0.25) is 0 Å². The lowest BCUT2D eigenvalue weighted by molar-refractivity contribution is 0.666. The summed E-state index contributed by atoms with van der Waals surface area (Å²) in [4.78, 5) is 2.65. The summed E-state index contributed by atoms with van der Waals surface area (Å²) >= 11 is 0. The SMILES string of the molecule is CC1(C)c2ccccc2-c2c1c1cccc3c1n2B1c2cccc4c2N(c2ccccc2[Si]42c4ccccc4-c4ccccc42)c2c1c-3cc1c2oc2ccccc21. The van der Waals surface area contributed by atoms with Gasteiger partial charge >= 0.3 is 6.85 Å². The molecule has 0 radical (unpaired) electrons. The molecule has 5 aliphatic rings. The molecule has 1 spiro atoms. The van der Waals surface area contributed by atoms with Crippen LogP contribution in [0.15, 0.2) is 168 Å². The van der Waals surface area contributed by atoms with E-state index in [4.69, 9.17) is 4.42 Å². The molecule has 4 aliphatic heterocycles. The summed E-state index contributed by atoms with van der Waals surface area (Å²) < 4.78 is 9.93. The monoisotopic (exact) mass is 752 g/mol. The average Bonchev–Trinajstić information content (AvgIpc) is 3.97. The number of hydrogen-bond acceptors (Lipinski definition) is 2. The van der Waals surface area contributed by atoms with Gasteiger partial charge in [0.2, 0.25) is 0 Å². The van der Waals surface area contributed by atoms with E-state index in [9.17, 15) is 0 Å². The third kappa shape index (κ3) is 3.09. The second-order valence-corrected chi connectivity index (χ2v) is 21.1. The summed E-state index contributed by atoms with van der Waals surface area (Å²) in [6, 6.07) is 62.5. The Bertz CT molecular complexity index is 3540. The van der Waals surface area contributed by atoms with E-state index < -0.39 is 8.07 Å². The van der Waals surface area contributed by atoms with E-state index in [2.05, 4.69) is 187 Å². The van der Waals surface area contributed by atoms with Gasteiger partial charge in [-0.15, -0.1) is 0 Å². The van der Waals surface area contributed by atoms with Crippen molar-refractivity contribution in [1.82, 2.24) is 4.48 Å². The fourth-order valence-corrected chi connectivity index (χ4v) is 18.3. The van der Waals surface area contributed by atoms with Crippen LogP contribution in [-0.4, -0.2) is 19.4 Å². The van der Waals surface area contributed by atoms with Gasteiger partial charge in [0.25, 0.3) is 0 Å². The zero-order valence-corrected chi connectivity index (χ0v) is 33.0. The first-order valence-corrected chi connectivity index (χ1v) is 22.6. The van der Waals surface area contributed by atoms with E-state index >= 15 is 0 Å². The molecule has 8 aromatic carbocycles. The number of aromatic nitrogens is 1. The summed E-state index contributed by atoms with van der Waals surface area (Å²) in [6.45, 7) is 4.79. The fourth-order valence-electron chi connectivity index (χ4n) is 12.7. The minimum absolute atomic E-state index is 0.0693. The minimum Gasteiger partial charge on any atom is -0.454 e. The highest BCUT2D eigenvalue weighted by atomic mass is 28.3. The Morgan fingerprint density at radius 1 is 0.534 bits per heavy atom. The second-order valence-electron chi connectivity index (χ2n) is 17.5. The molecule has 0 saturated carbocycles. The highest BCUT2D eigenvalue weighted by molar-refractivity contribution is 7.24. The van der Waals surface area contributed by atoms with E-state index in [1.807, 2.05) is 0 Å². The minimum atomic E-state index is -2.82. The molecule has 2 aromatic heterocycles. The third-order valence-electron chi connectivity index (χ3n) is 14.7. The van der Waals surface area contributed by atoms with Crippen molar-refractivity contribution < 1.29 is 4.42 Å². The summed E-state index contributed by atoms with van der Waals surface area (Å²) in [5, 5.41) is 9.56. The molecular formula is C53H33BN2OSi. The van der Waals surface area contributed by atoms with Crippen molar-refractivity contribution in [3.8, 4) is 33.5 Å². The van der Waals surface area contributed by atoms with Crippen molar-refractivity contribution in [1.29, 1.82) is 0 Å². The van der Waals surface area contributed by atoms with Crippen LogP contribution in [-0.2, 0) is 5.41 Å². The number of anilines is 3. The molecule has 0 N–H and O–H groups in total. The number of hydrogen-bond donors (Lipinski definition) is 0. The smallest absolute Gasteiger partial charge is 0.333 e. The van der Waals surface area contributed by atoms with Crippen LogP contribution in [0, 0.1) is 0 Å². The number of fused-ring (bicyclic) bond motifs is 22. The molecule has 268 valence electrons. The van der Waals surface area contributed by atoms with E-state index in [-0.39, 0.29) is 12.3 Å². The van der Waals surface area contributed by atoms with Crippen LogP contribution in [0.3, 0.4) is 0 Å². The van der Waals surface area contributed by atoms with Crippen molar-refractivity contribution in [3.63, 3.8) is 0 Å². The van der Waals surface area contributed by atoms with Gasteiger partial charge in [-0.05, 0) is 77.7 Å². The molecule has 1 aliphatic carbocycles. The van der Waals surface area contributed by atoms with Crippen LogP contribution < -0.4 is 36.6 Å². The summed E-state index contributed by atoms with van der Waals surface area (Å²) in [6.07, 6.45) is 0. The molecule has 58 heavy (non-hydrogen) atoms. The summed E-state index contributed by atoms with van der Waals surface area (Å²) in [7, 11) is -2.82. The van der Waals surface area contributed by atoms with Crippen LogP contribution in [0.4, 0.5) is 17.1 Å². The number of rotatable bonds is 0. The van der Waals surface area contributed by atoms with Crippen molar-refractivity contribution in [2.45, 2.75) is 19.3 Å². The number of para-hydroxylation sites is 4. The van der Waals surface area contributed by atoms with E-state index in [0.29, 0.717) is 0 Å². The van der Waals surface area contributed by atoms with Gasteiger partial charge in [0.15, 0.2) is 13.7 Å². The normalized spacial score (nSPS) is 16.0. The summed E-state index contributed by atoms with van der Waals surface area (Å²) in [5.41, 5.74) is 20.5. The highest BCUT2D eigenvalue weighted by Crippen LogP contribution is 2.57. The Kier molecular flexibility index (Phi) is 5.14. The van der Waals surface area contributed by atoms with Crippen LogP contribution in [0.1, 0.15) is 25.0 Å². The number of nitrogens with zero attached hydrogens (tertiary/aromatic N) is 2. The zero-order valence-electron chi connectivity index (χ0n) is 32.0. The maximum atomic E-state index is 7.16. The topological polar surface area (TPSA) is 21.3 Å². The lowest BCUT2D eigenvalue weighted by atomic mass is 9.45. The van der Waals surface area contributed by atoms with Gasteiger partial charge in [0.05, 0.1) is 5.69 Å². The lowest BCUT2D eigenvalue weighted by Gasteiger charge is -2.48. The van der Waals surface area contributed by atoms with E-state index in [1.54, 1.807) is 0 Å². The Labute approximate surface area is 336 Å².